The van der Waals surface area contributed by atoms with E-state index in [4.69, 9.17) is 5.73 Å². The Balaban J connectivity index is 2.16. The normalized spacial score (nSPS) is 26.6. The van der Waals surface area contributed by atoms with Gasteiger partial charge in [-0.2, -0.15) is 5.10 Å². The number of hydrogen-bond donors (Lipinski definition) is 2. The van der Waals surface area contributed by atoms with Crippen molar-refractivity contribution in [3.05, 3.63) is 11.4 Å². The van der Waals surface area contributed by atoms with Crippen LogP contribution in [0.3, 0.4) is 0 Å². The van der Waals surface area contributed by atoms with Crippen LogP contribution < -0.4 is 11.1 Å². The van der Waals surface area contributed by atoms with Crippen molar-refractivity contribution in [3.63, 3.8) is 0 Å². The summed E-state index contributed by atoms with van der Waals surface area (Å²) in [5.74, 6) is 1.09. The molecular formula is C14H24N4O. The lowest BCUT2D eigenvalue weighted by molar-refractivity contribution is 0.0917. The van der Waals surface area contributed by atoms with Crippen LogP contribution in [0.4, 0.5) is 5.69 Å². The molecule has 106 valence electrons. The van der Waals surface area contributed by atoms with E-state index in [-0.39, 0.29) is 11.9 Å². The fourth-order valence-electron chi connectivity index (χ4n) is 2.87. The summed E-state index contributed by atoms with van der Waals surface area (Å²) < 4.78 is 1.68. The van der Waals surface area contributed by atoms with Crippen LogP contribution in [0.5, 0.6) is 0 Å². The zero-order valence-corrected chi connectivity index (χ0v) is 12.2. The largest absolute Gasteiger partial charge is 0.395 e. The number of nitrogens with one attached hydrogen (secondary N) is 1. The fraction of sp³-hybridized carbons (Fsp3) is 0.714. The highest BCUT2D eigenvalue weighted by atomic mass is 16.2. The van der Waals surface area contributed by atoms with Crippen LogP contribution in [0.2, 0.25) is 0 Å². The zero-order chi connectivity index (χ0) is 14.2. The van der Waals surface area contributed by atoms with E-state index in [1.807, 2.05) is 13.8 Å². The molecule has 3 atom stereocenters. The number of nitrogens with two attached hydrogens (primary N) is 1. The Kier molecular flexibility index (Phi) is 3.83. The molecule has 0 bridgehead atoms. The summed E-state index contributed by atoms with van der Waals surface area (Å²) in [6, 6.07) is 0.252. The minimum Gasteiger partial charge on any atom is -0.395 e. The van der Waals surface area contributed by atoms with Crippen LogP contribution in [0.1, 0.15) is 49.8 Å². The minimum atomic E-state index is -0.0918. The van der Waals surface area contributed by atoms with Crippen molar-refractivity contribution in [1.29, 1.82) is 0 Å². The van der Waals surface area contributed by atoms with Crippen LogP contribution in [-0.4, -0.2) is 21.7 Å². The van der Waals surface area contributed by atoms with E-state index in [0.29, 0.717) is 29.8 Å². The lowest BCUT2D eigenvalue weighted by atomic mass is 9.98. The molecule has 0 saturated heterocycles. The van der Waals surface area contributed by atoms with Gasteiger partial charge in [0.05, 0.1) is 11.4 Å². The van der Waals surface area contributed by atoms with Gasteiger partial charge in [0.25, 0.3) is 5.91 Å². The van der Waals surface area contributed by atoms with Gasteiger partial charge in [0, 0.05) is 12.6 Å². The summed E-state index contributed by atoms with van der Waals surface area (Å²) in [4.78, 5) is 12.4. The second-order valence-corrected chi connectivity index (χ2v) is 5.66. The highest BCUT2D eigenvalue weighted by molar-refractivity contribution is 5.98. The molecule has 3 N–H and O–H groups in total. The molecule has 0 aliphatic heterocycles. The molecule has 5 heteroatoms. The number of aromatic nitrogens is 2. The Morgan fingerprint density at radius 3 is 2.68 bits per heavy atom. The number of hydrogen-bond acceptors (Lipinski definition) is 3. The number of aryl methyl sites for hydroxylation is 2. The third kappa shape index (κ3) is 2.46. The van der Waals surface area contributed by atoms with Crippen LogP contribution in [0, 0.1) is 18.8 Å². The van der Waals surface area contributed by atoms with Gasteiger partial charge in [0.2, 0.25) is 0 Å². The molecule has 1 heterocycles. The summed E-state index contributed by atoms with van der Waals surface area (Å²) >= 11 is 0. The number of nitrogens with zero attached hydrogens (tertiary/aromatic N) is 2. The molecule has 0 aromatic carbocycles. The second-order valence-electron chi connectivity index (χ2n) is 5.66. The van der Waals surface area contributed by atoms with E-state index in [1.165, 1.54) is 6.42 Å². The molecule has 5 nitrogen and oxygen atoms in total. The Morgan fingerprint density at radius 1 is 1.47 bits per heavy atom. The first kappa shape index (κ1) is 13.9. The summed E-state index contributed by atoms with van der Waals surface area (Å²) in [6.07, 6.45) is 2.22. The number of carbonyl (C=O) groups excluding carboxylic acids is 1. The maximum absolute atomic E-state index is 12.4. The molecule has 1 aliphatic carbocycles. The molecule has 0 spiro atoms. The Hall–Kier alpha value is -1.52. The highest BCUT2D eigenvalue weighted by Gasteiger charge is 2.32. The maximum Gasteiger partial charge on any atom is 0.271 e. The molecule has 1 fully saturated rings. The van der Waals surface area contributed by atoms with E-state index < -0.39 is 0 Å². The average Bonchev–Trinajstić information content (AvgIpc) is 2.84. The minimum absolute atomic E-state index is 0.0918. The van der Waals surface area contributed by atoms with Crippen molar-refractivity contribution in [2.45, 2.75) is 53.1 Å². The van der Waals surface area contributed by atoms with E-state index in [9.17, 15) is 4.79 Å². The summed E-state index contributed by atoms with van der Waals surface area (Å²) in [7, 11) is 0. The number of carbonyl (C=O) groups is 1. The first-order chi connectivity index (χ1) is 8.95. The van der Waals surface area contributed by atoms with Crippen LogP contribution >= 0.6 is 0 Å². The molecule has 1 saturated carbocycles. The average molecular weight is 264 g/mol. The lowest BCUT2D eigenvalue weighted by Crippen LogP contribution is -2.38. The van der Waals surface area contributed by atoms with Gasteiger partial charge < -0.3 is 11.1 Å². The third-order valence-electron chi connectivity index (χ3n) is 4.47. The van der Waals surface area contributed by atoms with Crippen LogP contribution in [-0.2, 0) is 6.54 Å². The van der Waals surface area contributed by atoms with E-state index in [0.717, 1.165) is 12.1 Å². The third-order valence-corrected chi connectivity index (χ3v) is 4.47. The van der Waals surface area contributed by atoms with E-state index in [1.54, 1.807) is 4.68 Å². The van der Waals surface area contributed by atoms with Crippen molar-refractivity contribution in [2.24, 2.45) is 11.8 Å². The topological polar surface area (TPSA) is 72.9 Å². The number of nitrogen functional groups attached to an aromatic ring is 1. The van der Waals surface area contributed by atoms with Gasteiger partial charge in [-0.25, -0.2) is 0 Å². The first-order valence-electron chi connectivity index (χ1n) is 7.09. The van der Waals surface area contributed by atoms with Crippen molar-refractivity contribution in [1.82, 2.24) is 15.1 Å². The predicted molar refractivity (Wildman–Crippen MR) is 75.9 cm³/mol. The lowest BCUT2D eigenvalue weighted by Gasteiger charge is -2.20. The molecule has 1 aromatic rings. The Bertz CT molecular complexity index is 480. The molecule has 3 unspecified atom stereocenters. The molecule has 19 heavy (non-hydrogen) atoms. The number of anilines is 1. The number of amides is 1. The maximum atomic E-state index is 12.4. The summed E-state index contributed by atoms with van der Waals surface area (Å²) in [6.45, 7) is 8.89. The summed E-state index contributed by atoms with van der Waals surface area (Å²) in [5.41, 5.74) is 7.70. The van der Waals surface area contributed by atoms with Crippen molar-refractivity contribution >= 4 is 11.6 Å². The van der Waals surface area contributed by atoms with Crippen LogP contribution in [0.25, 0.3) is 0 Å². The highest BCUT2D eigenvalue weighted by Crippen LogP contribution is 2.31. The molecular weight excluding hydrogens is 240 g/mol. The van der Waals surface area contributed by atoms with Gasteiger partial charge in [0.15, 0.2) is 0 Å². The monoisotopic (exact) mass is 264 g/mol. The quantitative estimate of drug-likeness (QED) is 0.876. The molecule has 1 aliphatic rings. The van der Waals surface area contributed by atoms with Crippen molar-refractivity contribution in [3.8, 4) is 0 Å². The molecule has 0 radical (unpaired) electrons. The molecule has 1 aromatic heterocycles. The predicted octanol–water partition coefficient (Wildman–Crippen LogP) is 1.96. The van der Waals surface area contributed by atoms with Crippen molar-refractivity contribution in [2.75, 3.05) is 5.73 Å². The van der Waals surface area contributed by atoms with Gasteiger partial charge >= 0.3 is 0 Å². The Labute approximate surface area is 114 Å². The summed E-state index contributed by atoms with van der Waals surface area (Å²) in [5, 5.41) is 7.41. The molecule has 2 rings (SSSR count). The van der Waals surface area contributed by atoms with Gasteiger partial charge in [-0.05, 0) is 38.5 Å². The fourth-order valence-corrected chi connectivity index (χ4v) is 2.87. The number of rotatable bonds is 3. The van der Waals surface area contributed by atoms with Gasteiger partial charge in [0.1, 0.15) is 5.69 Å². The van der Waals surface area contributed by atoms with E-state index >= 15 is 0 Å². The van der Waals surface area contributed by atoms with Gasteiger partial charge in [-0.1, -0.05) is 13.8 Å². The van der Waals surface area contributed by atoms with E-state index in [2.05, 4.69) is 24.3 Å². The van der Waals surface area contributed by atoms with Gasteiger partial charge in [-0.15, -0.1) is 0 Å². The Morgan fingerprint density at radius 2 is 2.16 bits per heavy atom. The first-order valence-corrected chi connectivity index (χ1v) is 7.09. The zero-order valence-electron chi connectivity index (χ0n) is 12.2. The van der Waals surface area contributed by atoms with Crippen molar-refractivity contribution < 1.29 is 4.79 Å². The smallest absolute Gasteiger partial charge is 0.271 e. The standard InChI is InChI=1S/C14H24N4O/c1-5-18-13(12(15)10(4)17-18)14(19)16-11-7-6-8(2)9(11)3/h8-9,11H,5-7,15H2,1-4H3,(H,16,19). The van der Waals surface area contributed by atoms with Gasteiger partial charge in [-0.3, -0.25) is 9.48 Å². The second kappa shape index (κ2) is 5.23. The SMILES string of the molecule is CCn1nc(C)c(N)c1C(=O)NC1CCC(C)C1C. The molecule has 1 amide bonds. The van der Waals surface area contributed by atoms with Crippen LogP contribution in [0.15, 0.2) is 0 Å².